The minimum absolute atomic E-state index is 0.175. The highest BCUT2D eigenvalue weighted by molar-refractivity contribution is 6.31. The molecule has 150 valence electrons. The van der Waals surface area contributed by atoms with E-state index in [0.29, 0.717) is 44.6 Å². The van der Waals surface area contributed by atoms with Crippen LogP contribution >= 0.6 is 23.2 Å². The van der Waals surface area contributed by atoms with Gasteiger partial charge in [0.2, 0.25) is 0 Å². The third kappa shape index (κ3) is 4.22. The van der Waals surface area contributed by atoms with Crippen molar-refractivity contribution in [1.82, 2.24) is 9.55 Å². The second-order valence-corrected chi connectivity index (χ2v) is 7.75. The highest BCUT2D eigenvalue weighted by atomic mass is 35.5. The van der Waals surface area contributed by atoms with Gasteiger partial charge in [-0.2, -0.15) is 0 Å². The molecule has 0 atom stereocenters. The zero-order chi connectivity index (χ0) is 21.3. The van der Waals surface area contributed by atoms with E-state index in [9.17, 15) is 9.59 Å². The number of nitrogens with zero attached hydrogens (tertiary/aromatic N) is 2. The van der Waals surface area contributed by atoms with Crippen LogP contribution in [0.2, 0.25) is 10.0 Å². The fourth-order valence-corrected chi connectivity index (χ4v) is 3.52. The van der Waals surface area contributed by atoms with Gasteiger partial charge < -0.3 is 5.32 Å². The molecule has 0 aliphatic rings. The number of fused-ring (bicyclic) bond motifs is 1. The number of anilines is 1. The van der Waals surface area contributed by atoms with E-state index in [1.54, 1.807) is 66.1 Å². The summed E-state index contributed by atoms with van der Waals surface area (Å²) in [5.41, 5.74) is 2.28. The highest BCUT2D eigenvalue weighted by Gasteiger charge is 2.12. The van der Waals surface area contributed by atoms with Crippen LogP contribution in [0.4, 0.5) is 5.69 Å². The predicted molar refractivity (Wildman–Crippen MR) is 121 cm³/mol. The average Bonchev–Trinajstić information content (AvgIpc) is 2.73. The number of carbonyl (C=O) groups is 1. The van der Waals surface area contributed by atoms with Crippen LogP contribution in [0.3, 0.4) is 0 Å². The van der Waals surface area contributed by atoms with Crippen LogP contribution in [0, 0.1) is 6.92 Å². The van der Waals surface area contributed by atoms with E-state index in [2.05, 4.69) is 10.3 Å². The molecule has 30 heavy (non-hydrogen) atoms. The largest absolute Gasteiger partial charge is 0.322 e. The fourth-order valence-electron chi connectivity index (χ4n) is 3.20. The number of benzene rings is 3. The van der Waals surface area contributed by atoms with E-state index >= 15 is 0 Å². The molecule has 1 N–H and O–H groups in total. The maximum Gasteiger partial charge on any atom is 0.261 e. The van der Waals surface area contributed by atoms with Crippen molar-refractivity contribution >= 4 is 45.7 Å². The van der Waals surface area contributed by atoms with E-state index in [4.69, 9.17) is 23.2 Å². The first kappa shape index (κ1) is 20.1. The molecule has 1 amide bonds. The Hall–Kier alpha value is -3.15. The van der Waals surface area contributed by atoms with Crippen LogP contribution in [0.1, 0.15) is 21.7 Å². The second kappa shape index (κ2) is 8.30. The number of halogens is 2. The molecule has 0 spiro atoms. The van der Waals surface area contributed by atoms with Gasteiger partial charge in [0.05, 0.1) is 17.4 Å². The number of rotatable bonds is 4. The van der Waals surface area contributed by atoms with Crippen molar-refractivity contribution in [2.45, 2.75) is 13.5 Å². The third-order valence-electron chi connectivity index (χ3n) is 4.74. The lowest BCUT2D eigenvalue weighted by atomic mass is 10.1. The molecule has 0 saturated heterocycles. The number of aryl methyl sites for hydroxylation is 1. The van der Waals surface area contributed by atoms with Crippen LogP contribution in [-0.2, 0) is 6.54 Å². The molecule has 3 aromatic carbocycles. The molecule has 0 saturated carbocycles. The van der Waals surface area contributed by atoms with Gasteiger partial charge in [-0.3, -0.25) is 14.2 Å². The lowest BCUT2D eigenvalue weighted by Crippen LogP contribution is -2.24. The first-order valence-electron chi connectivity index (χ1n) is 9.23. The van der Waals surface area contributed by atoms with Crippen molar-refractivity contribution in [2.24, 2.45) is 0 Å². The first-order valence-corrected chi connectivity index (χ1v) is 9.99. The van der Waals surface area contributed by atoms with Gasteiger partial charge in [0, 0.05) is 21.3 Å². The van der Waals surface area contributed by atoms with E-state index in [0.717, 1.165) is 5.56 Å². The minimum Gasteiger partial charge on any atom is -0.322 e. The Labute approximate surface area is 182 Å². The van der Waals surface area contributed by atoms with Crippen molar-refractivity contribution in [3.63, 3.8) is 0 Å². The van der Waals surface area contributed by atoms with E-state index in [1.807, 2.05) is 12.1 Å². The standard InChI is InChI=1S/C23H17Cl2N3O2/c1-14-26-21-10-9-19(27-22(29)16-3-2-4-18(25)11-16)12-20(21)23(30)28(14)13-15-5-7-17(24)8-6-15/h2-12H,13H2,1H3,(H,27,29). The maximum atomic E-state index is 13.1. The number of amides is 1. The van der Waals surface area contributed by atoms with Crippen molar-refractivity contribution in [2.75, 3.05) is 5.32 Å². The third-order valence-corrected chi connectivity index (χ3v) is 5.23. The molecule has 0 fully saturated rings. The van der Waals surface area contributed by atoms with Crippen molar-refractivity contribution in [1.29, 1.82) is 0 Å². The van der Waals surface area contributed by atoms with Crippen molar-refractivity contribution in [3.05, 3.63) is 104 Å². The van der Waals surface area contributed by atoms with Crippen LogP contribution < -0.4 is 10.9 Å². The van der Waals surface area contributed by atoms with Gasteiger partial charge in [-0.1, -0.05) is 41.4 Å². The molecule has 1 heterocycles. The monoisotopic (exact) mass is 437 g/mol. The summed E-state index contributed by atoms with van der Waals surface area (Å²) in [5, 5.41) is 4.35. The van der Waals surface area contributed by atoms with Gasteiger partial charge in [0.1, 0.15) is 5.82 Å². The van der Waals surface area contributed by atoms with Crippen LogP contribution in [0.5, 0.6) is 0 Å². The molecular weight excluding hydrogens is 421 g/mol. The molecule has 7 heteroatoms. The van der Waals surface area contributed by atoms with Gasteiger partial charge in [-0.25, -0.2) is 4.98 Å². The van der Waals surface area contributed by atoms with Crippen molar-refractivity contribution in [3.8, 4) is 0 Å². The Bertz CT molecular complexity index is 1310. The SMILES string of the molecule is Cc1nc2ccc(NC(=O)c3cccc(Cl)c3)cc2c(=O)n1Cc1ccc(Cl)cc1. The Kier molecular flexibility index (Phi) is 5.57. The zero-order valence-corrected chi connectivity index (χ0v) is 17.5. The summed E-state index contributed by atoms with van der Waals surface area (Å²) in [6.07, 6.45) is 0. The van der Waals surface area contributed by atoms with E-state index in [1.165, 1.54) is 0 Å². The molecule has 5 nitrogen and oxygen atoms in total. The summed E-state index contributed by atoms with van der Waals surface area (Å²) in [6.45, 7) is 2.18. The van der Waals surface area contributed by atoms with E-state index in [-0.39, 0.29) is 11.5 Å². The molecule has 4 aromatic rings. The Balaban J connectivity index is 1.68. The maximum absolute atomic E-state index is 13.1. The molecule has 4 rings (SSSR count). The number of nitrogens with one attached hydrogen (secondary N) is 1. The van der Waals surface area contributed by atoms with Gasteiger partial charge in [-0.05, 0) is 61.0 Å². The lowest BCUT2D eigenvalue weighted by Gasteiger charge is -2.12. The van der Waals surface area contributed by atoms with Crippen molar-refractivity contribution < 1.29 is 4.79 Å². The van der Waals surface area contributed by atoms with Gasteiger partial charge in [0.15, 0.2) is 0 Å². The number of aromatic nitrogens is 2. The predicted octanol–water partition coefficient (Wildman–Crippen LogP) is 5.31. The minimum atomic E-state index is -0.307. The number of hydrogen-bond acceptors (Lipinski definition) is 3. The summed E-state index contributed by atoms with van der Waals surface area (Å²) < 4.78 is 1.61. The van der Waals surface area contributed by atoms with Crippen LogP contribution in [0.25, 0.3) is 10.9 Å². The molecule has 0 unspecified atom stereocenters. The Morgan fingerprint density at radius 3 is 2.50 bits per heavy atom. The zero-order valence-electron chi connectivity index (χ0n) is 16.0. The topological polar surface area (TPSA) is 64.0 Å². The summed E-state index contributed by atoms with van der Waals surface area (Å²) >= 11 is 11.9. The average molecular weight is 438 g/mol. The summed E-state index contributed by atoms with van der Waals surface area (Å²) in [4.78, 5) is 30.2. The Morgan fingerprint density at radius 1 is 1.00 bits per heavy atom. The van der Waals surface area contributed by atoms with Gasteiger partial charge >= 0.3 is 0 Å². The smallest absolute Gasteiger partial charge is 0.261 e. The van der Waals surface area contributed by atoms with Gasteiger partial charge in [0.25, 0.3) is 11.5 Å². The molecule has 0 radical (unpaired) electrons. The molecule has 0 bridgehead atoms. The molecular formula is C23H17Cl2N3O2. The second-order valence-electron chi connectivity index (χ2n) is 6.87. The fraction of sp³-hybridized carbons (Fsp3) is 0.0870. The summed E-state index contributed by atoms with van der Waals surface area (Å²) in [6, 6.07) is 19.1. The van der Waals surface area contributed by atoms with E-state index < -0.39 is 0 Å². The van der Waals surface area contributed by atoms with Gasteiger partial charge in [-0.15, -0.1) is 0 Å². The normalized spacial score (nSPS) is 10.9. The lowest BCUT2D eigenvalue weighted by molar-refractivity contribution is 0.102. The molecule has 0 aliphatic carbocycles. The number of carbonyl (C=O) groups excluding carboxylic acids is 1. The Morgan fingerprint density at radius 2 is 1.77 bits per heavy atom. The van der Waals surface area contributed by atoms with Crippen LogP contribution in [0.15, 0.2) is 71.5 Å². The van der Waals surface area contributed by atoms with Crippen LogP contribution in [-0.4, -0.2) is 15.5 Å². The molecule has 0 aliphatic heterocycles. The number of hydrogen-bond donors (Lipinski definition) is 1. The quantitative estimate of drug-likeness (QED) is 0.470. The summed E-state index contributed by atoms with van der Waals surface area (Å²) in [7, 11) is 0. The first-order chi connectivity index (χ1) is 14.4. The molecule has 1 aromatic heterocycles. The highest BCUT2D eigenvalue weighted by Crippen LogP contribution is 2.18. The summed E-state index contributed by atoms with van der Waals surface area (Å²) in [5.74, 6) is 0.302.